The maximum atomic E-state index is 12.5. The van der Waals surface area contributed by atoms with Gasteiger partial charge in [-0.15, -0.1) is 0 Å². The third kappa shape index (κ3) is 3.64. The summed E-state index contributed by atoms with van der Waals surface area (Å²) in [5.74, 6) is 1.65. The average Bonchev–Trinajstić information content (AvgIpc) is 2.88. The fourth-order valence-corrected chi connectivity index (χ4v) is 3.96. The Kier molecular flexibility index (Phi) is 4.97. The number of amides is 1. The molecule has 0 N–H and O–H groups in total. The number of aryl methyl sites for hydroxylation is 2. The van der Waals surface area contributed by atoms with Gasteiger partial charge in [0.2, 0.25) is 5.91 Å². The molecule has 2 saturated heterocycles. The zero-order chi connectivity index (χ0) is 17.3. The molecule has 1 spiro atoms. The lowest BCUT2D eigenvalue weighted by Gasteiger charge is -2.31. The summed E-state index contributed by atoms with van der Waals surface area (Å²) in [7, 11) is 0. The Balaban J connectivity index is 1.72. The van der Waals surface area contributed by atoms with Crippen molar-refractivity contribution in [2.24, 2.45) is 11.3 Å². The first kappa shape index (κ1) is 17.4. The van der Waals surface area contributed by atoms with Crippen molar-refractivity contribution in [1.29, 1.82) is 0 Å². The molecule has 134 valence electrons. The van der Waals surface area contributed by atoms with E-state index in [0.717, 1.165) is 49.7 Å². The van der Waals surface area contributed by atoms with Crippen LogP contribution in [0.5, 0.6) is 0 Å². The van der Waals surface area contributed by atoms with E-state index in [1.54, 1.807) is 0 Å². The molecule has 3 rings (SSSR count). The van der Waals surface area contributed by atoms with Gasteiger partial charge in [-0.25, -0.2) is 0 Å². The van der Waals surface area contributed by atoms with Gasteiger partial charge in [0.15, 0.2) is 0 Å². The third-order valence-corrected chi connectivity index (χ3v) is 5.07. The molecule has 1 unspecified atom stereocenters. The second-order valence-electron chi connectivity index (χ2n) is 7.91. The topological polar surface area (TPSA) is 58.8 Å². The van der Waals surface area contributed by atoms with Gasteiger partial charge < -0.3 is 14.2 Å². The van der Waals surface area contributed by atoms with E-state index in [4.69, 9.17) is 9.26 Å². The van der Waals surface area contributed by atoms with Crippen LogP contribution in [0, 0.1) is 25.2 Å². The summed E-state index contributed by atoms with van der Waals surface area (Å²) in [4.78, 5) is 16.9. The van der Waals surface area contributed by atoms with Crippen molar-refractivity contribution in [2.75, 3.05) is 39.4 Å². The van der Waals surface area contributed by atoms with Crippen molar-refractivity contribution < 1.29 is 14.1 Å². The molecule has 0 aliphatic carbocycles. The molecular weight excluding hydrogens is 306 g/mol. The van der Waals surface area contributed by atoms with Crippen molar-refractivity contribution in [3.63, 3.8) is 0 Å². The summed E-state index contributed by atoms with van der Waals surface area (Å²) in [5, 5.41) is 4.06. The Morgan fingerprint density at radius 2 is 2.08 bits per heavy atom. The fraction of sp³-hybridized carbons (Fsp3) is 0.778. The van der Waals surface area contributed by atoms with Crippen LogP contribution in [0.3, 0.4) is 0 Å². The quantitative estimate of drug-likeness (QED) is 0.842. The van der Waals surface area contributed by atoms with Gasteiger partial charge in [-0.1, -0.05) is 19.0 Å². The monoisotopic (exact) mass is 335 g/mol. The Morgan fingerprint density at radius 3 is 2.75 bits per heavy atom. The molecule has 3 heterocycles. The Hall–Kier alpha value is -1.40. The van der Waals surface area contributed by atoms with Gasteiger partial charge in [-0.05, 0) is 19.8 Å². The van der Waals surface area contributed by atoms with E-state index in [1.807, 2.05) is 18.7 Å². The van der Waals surface area contributed by atoms with Gasteiger partial charge in [0.25, 0.3) is 0 Å². The highest BCUT2D eigenvalue weighted by Crippen LogP contribution is 2.35. The molecule has 6 heteroatoms. The van der Waals surface area contributed by atoms with E-state index in [1.165, 1.54) is 0 Å². The van der Waals surface area contributed by atoms with Crippen LogP contribution in [0.4, 0.5) is 0 Å². The number of nitrogens with zero attached hydrogens (tertiary/aromatic N) is 3. The highest BCUT2D eigenvalue weighted by molar-refractivity contribution is 5.79. The van der Waals surface area contributed by atoms with Crippen LogP contribution in [0.1, 0.15) is 37.3 Å². The summed E-state index contributed by atoms with van der Waals surface area (Å²) in [5.41, 5.74) is 2.03. The van der Waals surface area contributed by atoms with Crippen molar-refractivity contribution in [1.82, 2.24) is 15.0 Å². The largest absolute Gasteiger partial charge is 0.379 e. The number of ether oxygens (including phenoxy) is 1. The Bertz CT molecular complexity index is 579. The zero-order valence-corrected chi connectivity index (χ0v) is 15.3. The molecule has 6 nitrogen and oxygen atoms in total. The maximum absolute atomic E-state index is 12.5. The lowest BCUT2D eigenvalue weighted by Crippen LogP contribution is -2.41. The number of hydrogen-bond acceptors (Lipinski definition) is 5. The minimum absolute atomic E-state index is 0.0819. The first-order chi connectivity index (χ1) is 11.4. The van der Waals surface area contributed by atoms with E-state index >= 15 is 0 Å². The van der Waals surface area contributed by atoms with Crippen molar-refractivity contribution in [3.8, 4) is 0 Å². The number of carbonyl (C=O) groups excluding carboxylic acids is 1. The average molecular weight is 335 g/mol. The number of rotatable bonds is 4. The maximum Gasteiger partial charge on any atom is 0.223 e. The van der Waals surface area contributed by atoms with Gasteiger partial charge in [-0.3, -0.25) is 9.69 Å². The summed E-state index contributed by atoms with van der Waals surface area (Å²) in [6.07, 6.45) is 0.595. The minimum atomic E-state index is -0.0819. The van der Waals surface area contributed by atoms with Gasteiger partial charge in [0, 0.05) is 50.1 Å². The molecule has 1 atom stereocenters. The molecule has 2 aliphatic rings. The van der Waals surface area contributed by atoms with Crippen LogP contribution in [-0.2, 0) is 16.1 Å². The van der Waals surface area contributed by atoms with Crippen LogP contribution in [0.2, 0.25) is 0 Å². The summed E-state index contributed by atoms with van der Waals surface area (Å²) in [6.45, 7) is 13.9. The van der Waals surface area contributed by atoms with E-state index < -0.39 is 0 Å². The highest BCUT2D eigenvalue weighted by atomic mass is 16.5. The Morgan fingerprint density at radius 1 is 1.29 bits per heavy atom. The van der Waals surface area contributed by atoms with Gasteiger partial charge in [0.05, 0.1) is 18.9 Å². The smallest absolute Gasteiger partial charge is 0.223 e. The molecule has 0 saturated carbocycles. The van der Waals surface area contributed by atoms with Crippen LogP contribution in [0.15, 0.2) is 4.52 Å². The molecule has 0 bridgehead atoms. The first-order valence-electron chi connectivity index (χ1n) is 8.88. The predicted octanol–water partition coefficient (Wildman–Crippen LogP) is 2.00. The molecule has 2 fully saturated rings. The van der Waals surface area contributed by atoms with Gasteiger partial charge in [0.1, 0.15) is 5.76 Å². The standard InChI is InChI=1S/C18H29N3O3/c1-13(2)8-21-11-18(7-17(21)22)10-20(5-6-23-12-18)9-16-14(3)19-24-15(16)4/h13H,5-12H2,1-4H3. The van der Waals surface area contributed by atoms with E-state index in [9.17, 15) is 4.79 Å². The minimum Gasteiger partial charge on any atom is -0.379 e. The Labute approximate surface area is 144 Å². The van der Waals surface area contributed by atoms with Gasteiger partial charge in [-0.2, -0.15) is 0 Å². The van der Waals surface area contributed by atoms with Crippen LogP contribution in [0.25, 0.3) is 0 Å². The lowest BCUT2D eigenvalue weighted by molar-refractivity contribution is -0.128. The predicted molar refractivity (Wildman–Crippen MR) is 90.5 cm³/mol. The normalized spacial score (nSPS) is 25.9. The van der Waals surface area contributed by atoms with E-state index in [-0.39, 0.29) is 11.3 Å². The number of hydrogen-bond donors (Lipinski definition) is 0. The summed E-state index contributed by atoms with van der Waals surface area (Å²) < 4.78 is 11.2. The molecule has 1 aromatic heterocycles. The molecule has 24 heavy (non-hydrogen) atoms. The van der Waals surface area contributed by atoms with Crippen LogP contribution >= 0.6 is 0 Å². The highest BCUT2D eigenvalue weighted by Gasteiger charge is 2.45. The second-order valence-corrected chi connectivity index (χ2v) is 7.91. The number of carbonyl (C=O) groups is 1. The molecule has 1 amide bonds. The molecule has 0 aromatic carbocycles. The van der Waals surface area contributed by atoms with Crippen LogP contribution in [-0.4, -0.2) is 60.3 Å². The van der Waals surface area contributed by atoms with E-state index in [0.29, 0.717) is 25.6 Å². The SMILES string of the molecule is Cc1noc(C)c1CN1CCOCC2(CC(=O)N(CC(C)C)C2)C1. The molecule has 2 aliphatic heterocycles. The zero-order valence-electron chi connectivity index (χ0n) is 15.3. The van der Waals surface area contributed by atoms with Crippen molar-refractivity contribution >= 4 is 5.91 Å². The third-order valence-electron chi connectivity index (χ3n) is 5.07. The second kappa shape index (κ2) is 6.84. The van der Waals surface area contributed by atoms with E-state index in [2.05, 4.69) is 23.9 Å². The summed E-state index contributed by atoms with van der Waals surface area (Å²) >= 11 is 0. The molecular formula is C18H29N3O3. The van der Waals surface area contributed by atoms with Crippen molar-refractivity contribution in [2.45, 2.75) is 40.7 Å². The van der Waals surface area contributed by atoms with Crippen LogP contribution < -0.4 is 0 Å². The first-order valence-corrected chi connectivity index (χ1v) is 8.88. The van der Waals surface area contributed by atoms with Gasteiger partial charge >= 0.3 is 0 Å². The number of aromatic nitrogens is 1. The number of likely N-dealkylation sites (tertiary alicyclic amines) is 1. The van der Waals surface area contributed by atoms with Crippen molar-refractivity contribution in [3.05, 3.63) is 17.0 Å². The molecule has 0 radical (unpaired) electrons. The fourth-order valence-electron chi connectivity index (χ4n) is 3.96. The summed E-state index contributed by atoms with van der Waals surface area (Å²) in [6, 6.07) is 0. The lowest BCUT2D eigenvalue weighted by atomic mass is 9.87. The molecule has 1 aromatic rings.